The van der Waals surface area contributed by atoms with E-state index in [1.807, 2.05) is 6.92 Å². The Hall–Kier alpha value is -2.66. The zero-order valence-corrected chi connectivity index (χ0v) is 13.3. The highest BCUT2D eigenvalue weighted by molar-refractivity contribution is 7.90. The third-order valence-electron chi connectivity index (χ3n) is 3.63. The Labute approximate surface area is 135 Å². The third kappa shape index (κ3) is 2.83. The minimum atomic E-state index is -3.66. The summed E-state index contributed by atoms with van der Waals surface area (Å²) >= 11 is 0. The summed E-state index contributed by atoms with van der Waals surface area (Å²) in [5.74, 6) is 0. The molecule has 2 aromatic carbocycles. The number of carbonyl (C=O) groups excluding carboxylic acids is 1. The lowest BCUT2D eigenvalue weighted by molar-refractivity contribution is 0.112. The van der Waals surface area contributed by atoms with E-state index < -0.39 is 10.0 Å². The van der Waals surface area contributed by atoms with Crippen LogP contribution in [-0.4, -0.2) is 18.7 Å². The van der Waals surface area contributed by atoms with E-state index in [9.17, 15) is 13.2 Å². The maximum Gasteiger partial charge on any atom is 0.268 e. The maximum absolute atomic E-state index is 12.8. The summed E-state index contributed by atoms with van der Waals surface area (Å²) in [6.07, 6.45) is 2.28. The summed E-state index contributed by atoms with van der Waals surface area (Å²) in [4.78, 5) is 11.0. The zero-order valence-electron chi connectivity index (χ0n) is 12.5. The molecule has 0 unspecified atom stereocenters. The quantitative estimate of drug-likeness (QED) is 0.690. The molecule has 0 bridgehead atoms. The number of aryl methyl sites for hydroxylation is 1. The third-order valence-corrected chi connectivity index (χ3v) is 5.34. The van der Waals surface area contributed by atoms with Gasteiger partial charge in [-0.2, -0.15) is 0 Å². The van der Waals surface area contributed by atoms with Crippen molar-refractivity contribution in [3.05, 3.63) is 78.0 Å². The SMILES string of the molecule is Cc1ccc(S(=O)(=O)n2cccc2-c2ccc(C=O)cc2)cc1. The van der Waals surface area contributed by atoms with Crippen LogP contribution in [0.2, 0.25) is 0 Å². The van der Waals surface area contributed by atoms with Crippen molar-refractivity contribution in [1.29, 1.82) is 0 Å². The van der Waals surface area contributed by atoms with E-state index in [1.54, 1.807) is 60.7 Å². The van der Waals surface area contributed by atoms with E-state index in [2.05, 4.69) is 0 Å². The fraction of sp³-hybridized carbons (Fsp3) is 0.0556. The molecule has 0 saturated carbocycles. The van der Waals surface area contributed by atoms with Crippen molar-refractivity contribution in [3.63, 3.8) is 0 Å². The average molecular weight is 325 g/mol. The first-order valence-electron chi connectivity index (χ1n) is 7.07. The molecule has 3 rings (SSSR count). The second-order valence-electron chi connectivity index (χ2n) is 5.25. The Morgan fingerprint density at radius 2 is 1.57 bits per heavy atom. The summed E-state index contributed by atoms with van der Waals surface area (Å²) in [6.45, 7) is 1.91. The maximum atomic E-state index is 12.8. The molecule has 5 heteroatoms. The molecular formula is C18H15NO3S. The van der Waals surface area contributed by atoms with Gasteiger partial charge in [-0.1, -0.05) is 42.0 Å². The van der Waals surface area contributed by atoms with Crippen molar-refractivity contribution in [2.24, 2.45) is 0 Å². The first-order chi connectivity index (χ1) is 11.0. The highest BCUT2D eigenvalue weighted by atomic mass is 32.2. The second kappa shape index (κ2) is 5.85. The monoisotopic (exact) mass is 325 g/mol. The predicted molar refractivity (Wildman–Crippen MR) is 89.0 cm³/mol. The zero-order chi connectivity index (χ0) is 16.4. The number of benzene rings is 2. The van der Waals surface area contributed by atoms with Gasteiger partial charge in [-0.05, 0) is 36.8 Å². The topological polar surface area (TPSA) is 56.1 Å². The standard InChI is InChI=1S/C18H15NO3S/c1-14-4-10-17(11-5-14)23(21,22)19-12-2-3-18(19)16-8-6-15(13-20)7-9-16/h2-13H,1H3. The molecule has 116 valence electrons. The highest BCUT2D eigenvalue weighted by Crippen LogP contribution is 2.25. The van der Waals surface area contributed by atoms with Crippen molar-refractivity contribution >= 4 is 16.3 Å². The molecule has 0 spiro atoms. The Kier molecular flexibility index (Phi) is 3.88. The molecule has 3 aromatic rings. The van der Waals surface area contributed by atoms with Crippen LogP contribution in [0.25, 0.3) is 11.3 Å². The molecule has 4 nitrogen and oxygen atoms in total. The van der Waals surface area contributed by atoms with Gasteiger partial charge in [0.2, 0.25) is 0 Å². The van der Waals surface area contributed by atoms with Gasteiger partial charge < -0.3 is 0 Å². The Bertz CT molecular complexity index is 937. The number of hydrogen-bond acceptors (Lipinski definition) is 3. The van der Waals surface area contributed by atoms with Crippen LogP contribution in [0.5, 0.6) is 0 Å². The fourth-order valence-corrected chi connectivity index (χ4v) is 3.72. The molecule has 0 atom stereocenters. The largest absolute Gasteiger partial charge is 0.298 e. The van der Waals surface area contributed by atoms with Crippen LogP contribution < -0.4 is 0 Å². The predicted octanol–water partition coefficient (Wildman–Crippen LogP) is 3.51. The van der Waals surface area contributed by atoms with Gasteiger partial charge in [-0.25, -0.2) is 12.4 Å². The minimum absolute atomic E-state index is 0.241. The molecule has 1 aromatic heterocycles. The summed E-state index contributed by atoms with van der Waals surface area (Å²) in [5, 5.41) is 0. The smallest absolute Gasteiger partial charge is 0.268 e. The number of aldehydes is 1. The van der Waals surface area contributed by atoms with Crippen molar-refractivity contribution in [1.82, 2.24) is 3.97 Å². The van der Waals surface area contributed by atoms with Crippen LogP contribution in [0.3, 0.4) is 0 Å². The average Bonchev–Trinajstić information content (AvgIpc) is 3.06. The Balaban J connectivity index is 2.09. The van der Waals surface area contributed by atoms with Gasteiger partial charge in [0.1, 0.15) is 6.29 Å². The van der Waals surface area contributed by atoms with E-state index in [1.165, 1.54) is 10.2 Å². The lowest BCUT2D eigenvalue weighted by Gasteiger charge is -2.11. The van der Waals surface area contributed by atoms with E-state index in [0.717, 1.165) is 17.4 Å². The Morgan fingerprint density at radius 3 is 2.17 bits per heavy atom. The van der Waals surface area contributed by atoms with Crippen molar-refractivity contribution in [2.45, 2.75) is 11.8 Å². The molecule has 0 aliphatic rings. The molecule has 0 amide bonds. The molecule has 0 N–H and O–H groups in total. The van der Waals surface area contributed by atoms with Gasteiger partial charge in [-0.15, -0.1) is 0 Å². The van der Waals surface area contributed by atoms with Crippen LogP contribution >= 0.6 is 0 Å². The molecule has 0 aliphatic heterocycles. The van der Waals surface area contributed by atoms with Crippen molar-refractivity contribution < 1.29 is 13.2 Å². The molecule has 1 heterocycles. The van der Waals surface area contributed by atoms with Gasteiger partial charge in [0.15, 0.2) is 0 Å². The van der Waals surface area contributed by atoms with Gasteiger partial charge in [-0.3, -0.25) is 4.79 Å². The van der Waals surface area contributed by atoms with E-state index in [4.69, 9.17) is 0 Å². The normalized spacial score (nSPS) is 11.3. The lowest BCUT2D eigenvalue weighted by atomic mass is 10.1. The molecule has 0 fully saturated rings. The molecular weight excluding hydrogens is 310 g/mol. The van der Waals surface area contributed by atoms with Crippen LogP contribution in [-0.2, 0) is 10.0 Å². The van der Waals surface area contributed by atoms with Gasteiger partial charge in [0.25, 0.3) is 10.0 Å². The van der Waals surface area contributed by atoms with E-state index in [0.29, 0.717) is 11.3 Å². The highest BCUT2D eigenvalue weighted by Gasteiger charge is 2.19. The lowest BCUT2D eigenvalue weighted by Crippen LogP contribution is -2.13. The molecule has 0 saturated heterocycles. The van der Waals surface area contributed by atoms with Crippen LogP contribution in [0.4, 0.5) is 0 Å². The fourth-order valence-electron chi connectivity index (χ4n) is 2.36. The molecule has 0 aliphatic carbocycles. The van der Waals surface area contributed by atoms with E-state index >= 15 is 0 Å². The number of aromatic nitrogens is 1. The van der Waals surface area contributed by atoms with Gasteiger partial charge in [0, 0.05) is 11.8 Å². The van der Waals surface area contributed by atoms with Crippen LogP contribution in [0.1, 0.15) is 15.9 Å². The van der Waals surface area contributed by atoms with Crippen LogP contribution in [0, 0.1) is 6.92 Å². The van der Waals surface area contributed by atoms with Gasteiger partial charge >= 0.3 is 0 Å². The molecule has 0 radical (unpaired) electrons. The first-order valence-corrected chi connectivity index (χ1v) is 8.51. The number of hydrogen-bond donors (Lipinski definition) is 0. The van der Waals surface area contributed by atoms with Crippen LogP contribution in [0.15, 0.2) is 71.8 Å². The summed E-state index contributed by atoms with van der Waals surface area (Å²) < 4.78 is 26.9. The Morgan fingerprint density at radius 1 is 0.913 bits per heavy atom. The minimum Gasteiger partial charge on any atom is -0.298 e. The second-order valence-corrected chi connectivity index (χ2v) is 7.06. The summed E-state index contributed by atoms with van der Waals surface area (Å²) in [6, 6.07) is 17.0. The number of rotatable bonds is 4. The van der Waals surface area contributed by atoms with Gasteiger partial charge in [0.05, 0.1) is 10.6 Å². The number of carbonyl (C=O) groups is 1. The summed E-state index contributed by atoms with van der Waals surface area (Å²) in [5.41, 5.74) is 2.84. The van der Waals surface area contributed by atoms with Crippen molar-refractivity contribution in [2.75, 3.05) is 0 Å². The molecule has 23 heavy (non-hydrogen) atoms. The number of nitrogens with zero attached hydrogens (tertiary/aromatic N) is 1. The summed E-state index contributed by atoms with van der Waals surface area (Å²) in [7, 11) is -3.66. The van der Waals surface area contributed by atoms with Crippen molar-refractivity contribution in [3.8, 4) is 11.3 Å². The van der Waals surface area contributed by atoms with E-state index in [-0.39, 0.29) is 4.90 Å². The first kappa shape index (κ1) is 15.2.